The number of fused-ring (bicyclic) bond motifs is 1. The van der Waals surface area contributed by atoms with E-state index in [-0.39, 0.29) is 27.1 Å². The van der Waals surface area contributed by atoms with E-state index in [0.717, 1.165) is 29.2 Å². The molecule has 6 aromatic carbocycles. The van der Waals surface area contributed by atoms with Gasteiger partial charge in [-0.05, 0) is 146 Å². The maximum atomic E-state index is 2.52. The molecule has 0 atom stereocenters. The molecule has 0 aromatic heterocycles. The van der Waals surface area contributed by atoms with E-state index in [4.69, 9.17) is 0 Å². The number of nitrogens with zero attached hydrogens (tertiary/aromatic N) is 2. The van der Waals surface area contributed by atoms with Gasteiger partial charge in [0.1, 0.15) is 0 Å². The van der Waals surface area contributed by atoms with Gasteiger partial charge in [-0.15, -0.1) is 0 Å². The summed E-state index contributed by atoms with van der Waals surface area (Å²) in [7, 11) is 0. The summed E-state index contributed by atoms with van der Waals surface area (Å²) in [5.74, 6) is 0. The third-order valence-electron chi connectivity index (χ3n) is 12.3. The van der Waals surface area contributed by atoms with Crippen LogP contribution >= 0.6 is 0 Å². The average Bonchev–Trinajstić information content (AvgIpc) is 3.33. The van der Waals surface area contributed by atoms with E-state index < -0.39 is 0 Å². The zero-order chi connectivity index (χ0) is 42.0. The van der Waals surface area contributed by atoms with Crippen molar-refractivity contribution in [2.45, 2.75) is 130 Å². The molecule has 1 aliphatic carbocycles. The van der Waals surface area contributed by atoms with Gasteiger partial charge < -0.3 is 9.80 Å². The Labute approximate surface area is 351 Å². The van der Waals surface area contributed by atoms with E-state index in [2.05, 4.69) is 240 Å². The molecule has 1 aliphatic rings. The van der Waals surface area contributed by atoms with Crippen LogP contribution in [-0.2, 0) is 27.1 Å². The molecule has 7 rings (SSSR count). The number of hydrogen-bond donors (Lipinski definition) is 0. The molecule has 0 amide bonds. The van der Waals surface area contributed by atoms with Crippen LogP contribution in [0.5, 0.6) is 0 Å². The fourth-order valence-corrected chi connectivity index (χ4v) is 9.26. The molecule has 0 unspecified atom stereocenters. The minimum Gasteiger partial charge on any atom is -0.310 e. The highest BCUT2D eigenvalue weighted by atomic mass is 15.2. The molecule has 0 aliphatic heterocycles. The molecule has 0 N–H and O–H groups in total. The summed E-state index contributed by atoms with van der Waals surface area (Å²) in [4.78, 5) is 4.96. The quantitative estimate of drug-likeness (QED) is 0.160. The van der Waals surface area contributed by atoms with E-state index in [1.807, 2.05) is 0 Å². The lowest BCUT2D eigenvalue weighted by Crippen LogP contribution is -2.18. The molecule has 2 nitrogen and oxygen atoms in total. The topological polar surface area (TPSA) is 6.48 Å². The Bertz CT molecular complexity index is 2350. The van der Waals surface area contributed by atoms with E-state index in [9.17, 15) is 0 Å². The number of benzene rings is 6. The van der Waals surface area contributed by atoms with Crippen LogP contribution in [0.1, 0.15) is 130 Å². The average molecular weight is 767 g/mol. The van der Waals surface area contributed by atoms with E-state index in [1.165, 1.54) is 55.9 Å². The van der Waals surface area contributed by atoms with Crippen molar-refractivity contribution in [1.29, 1.82) is 0 Å². The van der Waals surface area contributed by atoms with Crippen LogP contribution < -0.4 is 9.80 Å². The van der Waals surface area contributed by atoms with Gasteiger partial charge in [0.25, 0.3) is 0 Å². The lowest BCUT2D eigenvalue weighted by molar-refractivity contribution is 0.403. The first-order valence-electron chi connectivity index (χ1n) is 21.3. The zero-order valence-electron chi connectivity index (χ0n) is 37.8. The van der Waals surface area contributed by atoms with Gasteiger partial charge in [-0.3, -0.25) is 0 Å². The van der Waals surface area contributed by atoms with Gasteiger partial charge in [-0.25, -0.2) is 0 Å². The van der Waals surface area contributed by atoms with Gasteiger partial charge >= 0.3 is 0 Å². The minimum atomic E-state index is -0.00184. The second-order valence-electron chi connectivity index (χ2n) is 21.3. The molecular weight excluding hydrogens is 701 g/mol. The maximum Gasteiger partial charge on any atom is 0.0540 e. The van der Waals surface area contributed by atoms with Gasteiger partial charge in [0.2, 0.25) is 0 Å². The van der Waals surface area contributed by atoms with Crippen LogP contribution in [0.4, 0.5) is 34.1 Å². The molecule has 0 spiro atoms. The number of rotatable bonds is 7. The lowest BCUT2D eigenvalue weighted by atomic mass is 9.82. The first-order valence-corrected chi connectivity index (χ1v) is 21.3. The van der Waals surface area contributed by atoms with Crippen molar-refractivity contribution < 1.29 is 0 Å². The third-order valence-corrected chi connectivity index (χ3v) is 12.3. The van der Waals surface area contributed by atoms with Gasteiger partial charge in [-0.1, -0.05) is 157 Å². The molecule has 0 saturated heterocycles. The van der Waals surface area contributed by atoms with Crippen LogP contribution in [-0.4, -0.2) is 0 Å². The Morgan fingerprint density at radius 2 is 0.879 bits per heavy atom. The van der Waals surface area contributed by atoms with Crippen LogP contribution in [0.25, 0.3) is 11.1 Å². The van der Waals surface area contributed by atoms with Crippen LogP contribution in [0, 0.1) is 6.92 Å². The first kappa shape index (κ1) is 41.1. The van der Waals surface area contributed by atoms with E-state index >= 15 is 0 Å². The molecule has 0 heterocycles. The Hall–Kier alpha value is -5.08. The number of anilines is 6. The predicted molar refractivity (Wildman–Crippen MR) is 253 cm³/mol. The summed E-state index contributed by atoms with van der Waals surface area (Å²) in [6.07, 6.45) is 1.12. The summed E-state index contributed by atoms with van der Waals surface area (Å²) in [6, 6.07) is 50.8. The van der Waals surface area contributed by atoms with Gasteiger partial charge in [0.15, 0.2) is 0 Å². The van der Waals surface area contributed by atoms with Crippen molar-refractivity contribution in [3.8, 4) is 11.1 Å². The molecule has 300 valence electrons. The minimum absolute atomic E-state index is 0.00184. The molecule has 2 heteroatoms. The highest BCUT2D eigenvalue weighted by molar-refractivity contribution is 5.91. The molecule has 6 aromatic rings. The fourth-order valence-electron chi connectivity index (χ4n) is 9.26. The zero-order valence-corrected chi connectivity index (χ0v) is 37.8. The Morgan fingerprint density at radius 1 is 0.414 bits per heavy atom. The SMILES string of the molecule is Cc1cc(N(c2ccc(C(C)(C)C)cc2)c2ccc(C(C)(C)C)cc2)cc(N(c2ccc3c(c2)C(C)(C)CC3(C)C)c2ccc(C(C)(C)C)cc2-c2ccccc2)c1. The monoisotopic (exact) mass is 767 g/mol. The molecule has 0 bridgehead atoms. The maximum absolute atomic E-state index is 2.52. The first-order chi connectivity index (χ1) is 27.0. The number of aryl methyl sites for hydroxylation is 1. The van der Waals surface area contributed by atoms with E-state index in [1.54, 1.807) is 0 Å². The van der Waals surface area contributed by atoms with Gasteiger partial charge in [0, 0.05) is 34.0 Å². The van der Waals surface area contributed by atoms with Crippen LogP contribution in [0.3, 0.4) is 0 Å². The second-order valence-corrected chi connectivity index (χ2v) is 21.3. The molecular formula is C56H66N2. The summed E-state index contributed by atoms with van der Waals surface area (Å²) in [6.45, 7) is 32.5. The van der Waals surface area contributed by atoms with Crippen LogP contribution in [0.15, 0.2) is 133 Å². The van der Waals surface area contributed by atoms with Crippen molar-refractivity contribution in [3.63, 3.8) is 0 Å². The van der Waals surface area contributed by atoms with Gasteiger partial charge in [-0.2, -0.15) is 0 Å². The van der Waals surface area contributed by atoms with Gasteiger partial charge in [0.05, 0.1) is 5.69 Å². The van der Waals surface area contributed by atoms with E-state index in [0.29, 0.717) is 0 Å². The Morgan fingerprint density at radius 3 is 1.40 bits per heavy atom. The normalized spacial score (nSPS) is 14.9. The Kier molecular flexibility index (Phi) is 10.4. The third kappa shape index (κ3) is 8.13. The highest BCUT2D eigenvalue weighted by Gasteiger charge is 2.42. The standard InChI is InChI=1S/C56H66N2/c1-38-32-46(57(43-25-20-40(21-26-43)52(2,3)4)44-27-22-41(23-28-44)53(5,6)7)35-47(33-38)58(45-29-30-49-50(36-45)56(13,14)37-55(49,11)12)51-31-24-42(54(8,9)10)34-48(51)39-18-16-15-17-19-39/h15-36H,37H2,1-14H3. The summed E-state index contributed by atoms with van der Waals surface area (Å²) in [5.41, 5.74) is 17.7. The highest BCUT2D eigenvalue weighted by Crippen LogP contribution is 2.52. The fraction of sp³-hybridized carbons (Fsp3) is 0.357. The number of hydrogen-bond acceptors (Lipinski definition) is 2. The molecule has 0 fully saturated rings. The van der Waals surface area contributed by atoms with Crippen molar-refractivity contribution >= 4 is 34.1 Å². The molecule has 58 heavy (non-hydrogen) atoms. The Balaban J connectivity index is 1.50. The summed E-state index contributed by atoms with van der Waals surface area (Å²) in [5, 5.41) is 0. The van der Waals surface area contributed by atoms with Crippen molar-refractivity contribution in [1.82, 2.24) is 0 Å². The second kappa shape index (κ2) is 14.6. The van der Waals surface area contributed by atoms with Crippen molar-refractivity contribution in [2.24, 2.45) is 0 Å². The predicted octanol–water partition coefficient (Wildman–Crippen LogP) is 16.5. The van der Waals surface area contributed by atoms with Crippen molar-refractivity contribution in [2.75, 3.05) is 9.80 Å². The van der Waals surface area contributed by atoms with Crippen molar-refractivity contribution in [3.05, 3.63) is 167 Å². The largest absolute Gasteiger partial charge is 0.310 e. The summed E-state index contributed by atoms with van der Waals surface area (Å²) >= 11 is 0. The summed E-state index contributed by atoms with van der Waals surface area (Å²) < 4.78 is 0. The smallest absolute Gasteiger partial charge is 0.0540 e. The van der Waals surface area contributed by atoms with Crippen LogP contribution in [0.2, 0.25) is 0 Å². The lowest BCUT2D eigenvalue weighted by Gasteiger charge is -2.33. The molecule has 0 radical (unpaired) electrons. The molecule has 0 saturated carbocycles.